The van der Waals surface area contributed by atoms with Crippen molar-refractivity contribution in [3.05, 3.63) is 17.0 Å². The lowest BCUT2D eigenvalue weighted by molar-refractivity contribution is 0.674. The molecule has 1 heterocycles. The molecule has 5 heteroatoms. The molecule has 0 aliphatic carbocycles. The number of anilines is 1. The van der Waals surface area contributed by atoms with Gasteiger partial charge in [-0.25, -0.2) is 9.97 Å². The Labute approximate surface area is 98.1 Å². The predicted molar refractivity (Wildman–Crippen MR) is 62.4 cm³/mol. The number of hydrogen-bond donors (Lipinski definition) is 0. The molecule has 0 aromatic carbocycles. The van der Waals surface area contributed by atoms with Crippen molar-refractivity contribution in [2.75, 3.05) is 11.4 Å². The van der Waals surface area contributed by atoms with E-state index in [1.807, 2.05) is 0 Å². The molecule has 0 saturated carbocycles. The van der Waals surface area contributed by atoms with Crippen molar-refractivity contribution in [3.8, 4) is 6.07 Å². The van der Waals surface area contributed by atoms with E-state index in [2.05, 4.69) is 50.7 Å². The highest BCUT2D eigenvalue weighted by molar-refractivity contribution is 9.10. The zero-order valence-corrected chi connectivity index (χ0v) is 10.4. The first-order chi connectivity index (χ1) is 7.16. The van der Waals surface area contributed by atoms with E-state index in [4.69, 9.17) is 5.26 Å². The van der Waals surface area contributed by atoms with Gasteiger partial charge in [-0.1, -0.05) is 0 Å². The molecule has 1 aromatic rings. The number of rotatable bonds is 4. The van der Waals surface area contributed by atoms with Gasteiger partial charge in [0, 0.05) is 18.8 Å². The molecule has 80 valence electrons. The van der Waals surface area contributed by atoms with E-state index in [9.17, 15) is 0 Å². The van der Waals surface area contributed by atoms with Gasteiger partial charge < -0.3 is 4.90 Å². The van der Waals surface area contributed by atoms with Gasteiger partial charge in [0.05, 0.1) is 17.0 Å². The molecule has 0 aliphatic heterocycles. The van der Waals surface area contributed by atoms with Gasteiger partial charge in [0.15, 0.2) is 0 Å². The highest BCUT2D eigenvalue weighted by Crippen LogP contribution is 2.23. The van der Waals surface area contributed by atoms with Crippen LogP contribution in [0.2, 0.25) is 0 Å². The van der Waals surface area contributed by atoms with E-state index in [0.717, 1.165) is 10.3 Å². The second-order valence-electron chi connectivity index (χ2n) is 3.39. The Hall–Kier alpha value is -1.15. The molecule has 0 saturated heterocycles. The van der Waals surface area contributed by atoms with Crippen LogP contribution in [0.4, 0.5) is 5.82 Å². The SMILES string of the molecule is CC(C)N(CCC#N)c1ncncc1Br. The molecule has 0 spiro atoms. The molecule has 0 aliphatic rings. The Morgan fingerprint density at radius 3 is 2.87 bits per heavy atom. The van der Waals surface area contributed by atoms with Crippen molar-refractivity contribution in [1.29, 1.82) is 5.26 Å². The smallest absolute Gasteiger partial charge is 0.146 e. The molecule has 0 bridgehead atoms. The fourth-order valence-corrected chi connectivity index (χ4v) is 1.75. The van der Waals surface area contributed by atoms with Crippen molar-refractivity contribution in [2.24, 2.45) is 0 Å². The number of halogens is 1. The maximum absolute atomic E-state index is 8.59. The predicted octanol–water partition coefficient (Wildman–Crippen LogP) is 2.37. The average Bonchev–Trinajstić information content (AvgIpc) is 2.20. The van der Waals surface area contributed by atoms with Crippen molar-refractivity contribution < 1.29 is 0 Å². The van der Waals surface area contributed by atoms with Gasteiger partial charge in [-0.05, 0) is 29.8 Å². The van der Waals surface area contributed by atoms with E-state index in [0.29, 0.717) is 19.0 Å². The third-order valence-electron chi connectivity index (χ3n) is 2.01. The van der Waals surface area contributed by atoms with Crippen molar-refractivity contribution in [1.82, 2.24) is 9.97 Å². The molecule has 0 atom stereocenters. The molecule has 15 heavy (non-hydrogen) atoms. The number of aromatic nitrogens is 2. The summed E-state index contributed by atoms with van der Waals surface area (Å²) in [5, 5.41) is 8.59. The zero-order valence-electron chi connectivity index (χ0n) is 8.81. The lowest BCUT2D eigenvalue weighted by Gasteiger charge is -2.27. The number of nitriles is 1. The van der Waals surface area contributed by atoms with E-state index in [1.165, 1.54) is 6.33 Å². The van der Waals surface area contributed by atoms with Gasteiger partial charge in [0.1, 0.15) is 12.1 Å². The molecule has 0 amide bonds. The third kappa shape index (κ3) is 3.17. The Morgan fingerprint density at radius 1 is 1.60 bits per heavy atom. The van der Waals surface area contributed by atoms with Gasteiger partial charge in [-0.3, -0.25) is 0 Å². The highest BCUT2D eigenvalue weighted by Gasteiger charge is 2.14. The third-order valence-corrected chi connectivity index (χ3v) is 2.57. The minimum absolute atomic E-state index is 0.310. The first-order valence-electron chi connectivity index (χ1n) is 4.76. The summed E-state index contributed by atoms with van der Waals surface area (Å²) in [6.45, 7) is 4.83. The minimum atomic E-state index is 0.310. The van der Waals surface area contributed by atoms with Gasteiger partial charge in [0.2, 0.25) is 0 Å². The molecule has 0 N–H and O–H groups in total. The molecule has 1 rings (SSSR count). The summed E-state index contributed by atoms with van der Waals surface area (Å²) in [4.78, 5) is 10.2. The van der Waals surface area contributed by atoms with Gasteiger partial charge >= 0.3 is 0 Å². The number of hydrogen-bond acceptors (Lipinski definition) is 4. The Morgan fingerprint density at radius 2 is 2.33 bits per heavy atom. The van der Waals surface area contributed by atoms with Crippen LogP contribution in [-0.4, -0.2) is 22.6 Å². The highest BCUT2D eigenvalue weighted by atomic mass is 79.9. The van der Waals surface area contributed by atoms with Crippen LogP contribution < -0.4 is 4.90 Å². The first kappa shape index (κ1) is 11.9. The minimum Gasteiger partial charge on any atom is -0.352 e. The van der Waals surface area contributed by atoms with Crippen LogP contribution in [0.1, 0.15) is 20.3 Å². The Kier molecular flexibility index (Phi) is 4.50. The van der Waals surface area contributed by atoms with Crippen LogP contribution in [0.3, 0.4) is 0 Å². The van der Waals surface area contributed by atoms with E-state index in [1.54, 1.807) is 6.20 Å². The maximum Gasteiger partial charge on any atom is 0.146 e. The summed E-state index contributed by atoms with van der Waals surface area (Å²) in [7, 11) is 0. The summed E-state index contributed by atoms with van der Waals surface area (Å²) in [6, 6.07) is 2.45. The van der Waals surface area contributed by atoms with E-state index in [-0.39, 0.29) is 0 Å². The molecular weight excluding hydrogens is 256 g/mol. The van der Waals surface area contributed by atoms with Crippen molar-refractivity contribution >= 4 is 21.7 Å². The Bertz CT molecular complexity index is 359. The Balaban J connectivity index is 2.90. The van der Waals surface area contributed by atoms with Gasteiger partial charge in [0.25, 0.3) is 0 Å². The van der Waals surface area contributed by atoms with E-state index < -0.39 is 0 Å². The topological polar surface area (TPSA) is 52.8 Å². The second kappa shape index (κ2) is 5.66. The summed E-state index contributed by atoms with van der Waals surface area (Å²) in [5.74, 6) is 0.843. The fraction of sp³-hybridized carbons (Fsp3) is 0.500. The molecule has 4 nitrogen and oxygen atoms in total. The molecule has 0 unspecified atom stereocenters. The fourth-order valence-electron chi connectivity index (χ4n) is 1.30. The quantitative estimate of drug-likeness (QED) is 0.842. The maximum atomic E-state index is 8.59. The first-order valence-corrected chi connectivity index (χ1v) is 5.55. The normalized spacial score (nSPS) is 10.1. The van der Waals surface area contributed by atoms with Crippen LogP contribution >= 0.6 is 15.9 Å². The monoisotopic (exact) mass is 268 g/mol. The van der Waals surface area contributed by atoms with Crippen LogP contribution in [0, 0.1) is 11.3 Å². The van der Waals surface area contributed by atoms with E-state index >= 15 is 0 Å². The number of nitrogens with zero attached hydrogens (tertiary/aromatic N) is 4. The summed E-state index contributed by atoms with van der Waals surface area (Å²) < 4.78 is 0.858. The van der Waals surface area contributed by atoms with Crippen LogP contribution in [0.5, 0.6) is 0 Å². The molecule has 0 radical (unpaired) electrons. The van der Waals surface area contributed by atoms with Crippen molar-refractivity contribution in [2.45, 2.75) is 26.3 Å². The molecular formula is C10H13BrN4. The van der Waals surface area contributed by atoms with Crippen LogP contribution in [0.15, 0.2) is 17.0 Å². The average molecular weight is 269 g/mol. The zero-order chi connectivity index (χ0) is 11.3. The van der Waals surface area contributed by atoms with Crippen molar-refractivity contribution in [3.63, 3.8) is 0 Å². The summed E-state index contributed by atoms with van der Waals surface area (Å²) in [5.41, 5.74) is 0. The molecule has 0 fully saturated rings. The standard InChI is InChI=1S/C10H13BrN4/c1-8(2)15(5-3-4-12)10-9(11)6-13-7-14-10/h6-8H,3,5H2,1-2H3. The summed E-state index contributed by atoms with van der Waals surface area (Å²) in [6.07, 6.45) is 3.72. The van der Waals surface area contributed by atoms with Gasteiger partial charge in [-0.2, -0.15) is 5.26 Å². The second-order valence-corrected chi connectivity index (χ2v) is 4.24. The summed E-state index contributed by atoms with van der Waals surface area (Å²) >= 11 is 3.41. The van der Waals surface area contributed by atoms with Gasteiger partial charge in [-0.15, -0.1) is 0 Å². The van der Waals surface area contributed by atoms with Crippen LogP contribution in [-0.2, 0) is 0 Å². The lowest BCUT2D eigenvalue weighted by atomic mass is 10.3. The van der Waals surface area contributed by atoms with Crippen LogP contribution in [0.25, 0.3) is 0 Å². The lowest BCUT2D eigenvalue weighted by Crippen LogP contribution is -2.32. The molecule has 1 aromatic heterocycles. The largest absolute Gasteiger partial charge is 0.352 e.